The molecule has 2 aliphatic heterocycles. The van der Waals surface area contributed by atoms with Crippen molar-refractivity contribution in [3.8, 4) is 11.5 Å². The van der Waals surface area contributed by atoms with Gasteiger partial charge in [0.2, 0.25) is 0 Å². The predicted molar refractivity (Wildman–Crippen MR) is 106 cm³/mol. The van der Waals surface area contributed by atoms with Gasteiger partial charge < -0.3 is 19.7 Å². The van der Waals surface area contributed by atoms with Crippen molar-refractivity contribution in [2.75, 3.05) is 26.2 Å². The number of hydrogen-bond donors (Lipinski definition) is 1. The number of rotatable bonds is 3. The first-order valence-electron chi connectivity index (χ1n) is 9.99. The topological polar surface area (TPSA) is 81.0 Å². The van der Waals surface area contributed by atoms with Gasteiger partial charge in [-0.2, -0.15) is 0 Å². The van der Waals surface area contributed by atoms with Gasteiger partial charge in [-0.1, -0.05) is 18.2 Å². The molecule has 1 saturated heterocycles. The van der Waals surface area contributed by atoms with Crippen molar-refractivity contribution in [2.24, 2.45) is 0 Å². The summed E-state index contributed by atoms with van der Waals surface area (Å²) in [7, 11) is 0. The number of aromatic nitrogens is 3. The van der Waals surface area contributed by atoms with Gasteiger partial charge in [-0.3, -0.25) is 4.40 Å². The Morgan fingerprint density at radius 1 is 1.07 bits per heavy atom. The highest BCUT2D eigenvalue weighted by Crippen LogP contribution is 2.31. The van der Waals surface area contributed by atoms with E-state index in [9.17, 15) is 4.79 Å². The van der Waals surface area contributed by atoms with Crippen LogP contribution in [0.15, 0.2) is 48.7 Å². The Bertz CT molecular complexity index is 1010. The molecule has 8 nitrogen and oxygen atoms in total. The van der Waals surface area contributed by atoms with Gasteiger partial charge in [-0.15, -0.1) is 10.2 Å². The number of nitrogens with zero attached hydrogens (tertiary/aromatic N) is 4. The average Bonchev–Trinajstić information content (AvgIpc) is 3.21. The highest BCUT2D eigenvalue weighted by Gasteiger charge is 2.28. The summed E-state index contributed by atoms with van der Waals surface area (Å²) in [6.45, 7) is 2.24. The van der Waals surface area contributed by atoms with Gasteiger partial charge in [0.05, 0.1) is 6.54 Å². The minimum atomic E-state index is -0.186. The van der Waals surface area contributed by atoms with E-state index in [1.54, 1.807) is 0 Å². The Labute approximate surface area is 168 Å². The molecular formula is C21H23N5O3. The van der Waals surface area contributed by atoms with Crippen molar-refractivity contribution in [3.05, 3.63) is 54.5 Å². The van der Waals surface area contributed by atoms with Crippen molar-refractivity contribution in [3.63, 3.8) is 0 Å². The van der Waals surface area contributed by atoms with Crippen LogP contribution in [-0.2, 0) is 0 Å². The number of likely N-dealkylation sites (tertiary alicyclic amines) is 1. The highest BCUT2D eigenvalue weighted by molar-refractivity contribution is 5.74. The summed E-state index contributed by atoms with van der Waals surface area (Å²) in [5, 5.41) is 11.6. The zero-order valence-corrected chi connectivity index (χ0v) is 16.0. The van der Waals surface area contributed by atoms with Crippen LogP contribution in [0.3, 0.4) is 0 Å². The minimum Gasteiger partial charge on any atom is -0.486 e. The number of carbonyl (C=O) groups excluding carboxylic acids is 1. The van der Waals surface area contributed by atoms with Crippen molar-refractivity contribution in [2.45, 2.75) is 24.9 Å². The molecule has 2 aliphatic rings. The molecule has 150 valence electrons. The molecule has 0 aliphatic carbocycles. The Balaban J connectivity index is 1.13. The Hall–Kier alpha value is -3.29. The van der Waals surface area contributed by atoms with Crippen LogP contribution >= 0.6 is 0 Å². The molecule has 1 fully saturated rings. The lowest BCUT2D eigenvalue weighted by atomic mass is 9.96. The molecule has 2 amide bonds. The third-order valence-corrected chi connectivity index (χ3v) is 5.54. The predicted octanol–water partition coefficient (Wildman–Crippen LogP) is 2.46. The second-order valence-electron chi connectivity index (χ2n) is 7.43. The number of piperidine rings is 1. The molecule has 4 heterocycles. The fourth-order valence-corrected chi connectivity index (χ4v) is 3.96. The van der Waals surface area contributed by atoms with E-state index in [0.29, 0.717) is 32.2 Å². The summed E-state index contributed by atoms with van der Waals surface area (Å²) in [6.07, 6.45) is 3.56. The summed E-state index contributed by atoms with van der Waals surface area (Å²) in [5.74, 6) is 2.76. The molecule has 0 spiro atoms. The van der Waals surface area contributed by atoms with Crippen LogP contribution in [0.2, 0.25) is 0 Å². The fourth-order valence-electron chi connectivity index (χ4n) is 3.96. The Morgan fingerprint density at radius 2 is 1.86 bits per heavy atom. The van der Waals surface area contributed by atoms with Crippen LogP contribution in [0.1, 0.15) is 24.6 Å². The quantitative estimate of drug-likeness (QED) is 0.739. The number of urea groups is 1. The lowest BCUT2D eigenvalue weighted by Gasteiger charge is -2.32. The van der Waals surface area contributed by atoms with Gasteiger partial charge in [-0.05, 0) is 37.1 Å². The molecule has 0 unspecified atom stereocenters. The summed E-state index contributed by atoms with van der Waals surface area (Å²) in [4.78, 5) is 14.4. The normalized spacial score (nSPS) is 19.3. The zero-order valence-electron chi connectivity index (χ0n) is 16.0. The summed E-state index contributed by atoms with van der Waals surface area (Å²) in [5.41, 5.74) is 0.860. The minimum absolute atomic E-state index is 0.0583. The third-order valence-electron chi connectivity index (χ3n) is 5.54. The molecule has 29 heavy (non-hydrogen) atoms. The number of hydrogen-bond acceptors (Lipinski definition) is 5. The second kappa shape index (κ2) is 7.62. The molecule has 1 N–H and O–H groups in total. The van der Waals surface area contributed by atoms with Gasteiger partial charge in [0.15, 0.2) is 23.3 Å². The zero-order chi connectivity index (χ0) is 19.6. The Kier molecular flexibility index (Phi) is 4.67. The van der Waals surface area contributed by atoms with Gasteiger partial charge in [0, 0.05) is 25.2 Å². The molecule has 2 aromatic heterocycles. The average molecular weight is 393 g/mol. The Morgan fingerprint density at radius 3 is 2.72 bits per heavy atom. The van der Waals surface area contributed by atoms with E-state index in [-0.39, 0.29) is 12.1 Å². The molecule has 5 rings (SSSR count). The van der Waals surface area contributed by atoms with Crippen LogP contribution in [0.25, 0.3) is 5.65 Å². The molecule has 0 bridgehead atoms. The number of fused-ring (bicyclic) bond motifs is 2. The van der Waals surface area contributed by atoms with E-state index in [1.165, 1.54) is 0 Å². The molecule has 0 saturated carbocycles. The first kappa shape index (κ1) is 17.8. The van der Waals surface area contributed by atoms with E-state index in [4.69, 9.17) is 9.47 Å². The molecule has 8 heteroatoms. The smallest absolute Gasteiger partial charge is 0.317 e. The van der Waals surface area contributed by atoms with Gasteiger partial charge in [0.25, 0.3) is 0 Å². The van der Waals surface area contributed by atoms with E-state index >= 15 is 0 Å². The van der Waals surface area contributed by atoms with Crippen LogP contribution in [-0.4, -0.2) is 57.9 Å². The number of ether oxygens (including phenoxy) is 2. The molecular weight excluding hydrogens is 370 g/mol. The third kappa shape index (κ3) is 3.57. The number of carbonyl (C=O) groups is 1. The summed E-state index contributed by atoms with van der Waals surface area (Å²) in [6, 6.07) is 13.4. The van der Waals surface area contributed by atoms with Gasteiger partial charge in [-0.25, -0.2) is 4.79 Å². The van der Waals surface area contributed by atoms with Crippen molar-refractivity contribution in [1.82, 2.24) is 24.8 Å². The van der Waals surface area contributed by atoms with Crippen LogP contribution in [0.4, 0.5) is 4.79 Å². The van der Waals surface area contributed by atoms with E-state index in [2.05, 4.69) is 15.5 Å². The monoisotopic (exact) mass is 393 g/mol. The van der Waals surface area contributed by atoms with Crippen molar-refractivity contribution >= 4 is 11.7 Å². The van der Waals surface area contributed by atoms with Crippen molar-refractivity contribution in [1.29, 1.82) is 0 Å². The number of para-hydroxylation sites is 2. The lowest BCUT2D eigenvalue weighted by Crippen LogP contribution is -2.48. The molecule has 3 aromatic rings. The van der Waals surface area contributed by atoms with Crippen molar-refractivity contribution < 1.29 is 14.3 Å². The maximum Gasteiger partial charge on any atom is 0.317 e. The largest absolute Gasteiger partial charge is 0.486 e. The van der Waals surface area contributed by atoms with Gasteiger partial charge >= 0.3 is 6.03 Å². The lowest BCUT2D eigenvalue weighted by molar-refractivity contribution is 0.0895. The highest BCUT2D eigenvalue weighted by atomic mass is 16.6. The standard InChI is InChI=1S/C21H23N5O3/c27-21(22-13-16-14-28-17-5-1-2-6-18(17)29-16)25-11-8-15(9-12-25)20-24-23-19-7-3-4-10-26(19)20/h1-7,10,15-16H,8-9,11-14H2,(H,22,27)/t16-/m0/s1. The maximum absolute atomic E-state index is 12.6. The second-order valence-corrected chi connectivity index (χ2v) is 7.43. The SMILES string of the molecule is O=C(NC[C@H]1COc2ccccc2O1)N1CCC(c2nnc3ccccn23)CC1. The number of pyridine rings is 1. The maximum atomic E-state index is 12.6. The fraction of sp³-hybridized carbons (Fsp3) is 0.381. The van der Waals surface area contributed by atoms with Gasteiger partial charge in [0.1, 0.15) is 12.4 Å². The van der Waals surface area contributed by atoms with Crippen LogP contribution < -0.4 is 14.8 Å². The summed E-state index contributed by atoms with van der Waals surface area (Å²) < 4.78 is 13.6. The number of nitrogens with one attached hydrogen (secondary N) is 1. The van der Waals surface area contributed by atoms with Crippen LogP contribution in [0, 0.1) is 0 Å². The van der Waals surface area contributed by atoms with E-state index < -0.39 is 0 Å². The first-order valence-corrected chi connectivity index (χ1v) is 9.99. The van der Waals surface area contributed by atoms with Crippen LogP contribution in [0.5, 0.6) is 11.5 Å². The molecule has 1 atom stereocenters. The van der Waals surface area contributed by atoms with E-state index in [0.717, 1.165) is 35.8 Å². The molecule has 1 aromatic carbocycles. The van der Waals surface area contributed by atoms with E-state index in [1.807, 2.05) is 58.0 Å². The molecule has 0 radical (unpaired) electrons. The first-order chi connectivity index (χ1) is 14.3. The summed E-state index contributed by atoms with van der Waals surface area (Å²) >= 11 is 0. The number of amides is 2. The number of benzene rings is 1.